The van der Waals surface area contributed by atoms with E-state index in [9.17, 15) is 4.79 Å². The maximum absolute atomic E-state index is 11.8. The minimum absolute atomic E-state index is 0.163. The van der Waals surface area contributed by atoms with Gasteiger partial charge in [0.05, 0.1) is 19.9 Å². The molecule has 0 fully saturated rings. The number of anilines is 1. The van der Waals surface area contributed by atoms with Gasteiger partial charge in [-0.15, -0.1) is 0 Å². The van der Waals surface area contributed by atoms with Crippen molar-refractivity contribution in [3.8, 4) is 5.88 Å². The van der Waals surface area contributed by atoms with Gasteiger partial charge in [-0.1, -0.05) is 24.3 Å². The fourth-order valence-electron chi connectivity index (χ4n) is 3.78. The third-order valence-corrected chi connectivity index (χ3v) is 5.25. The Morgan fingerprint density at radius 3 is 2.06 bits per heavy atom. The highest BCUT2D eigenvalue weighted by atomic mass is 16.5. The van der Waals surface area contributed by atoms with Crippen molar-refractivity contribution < 1.29 is 14.3 Å². The fraction of sp³-hybridized carbons (Fsp3) is 0.160. The van der Waals surface area contributed by atoms with Crippen molar-refractivity contribution in [1.29, 1.82) is 0 Å². The molecule has 0 radical (unpaired) electrons. The van der Waals surface area contributed by atoms with Gasteiger partial charge in [-0.2, -0.15) is 0 Å². The molecule has 0 saturated heterocycles. The molecule has 1 amide bonds. The lowest BCUT2D eigenvalue weighted by atomic mass is 9.76. The van der Waals surface area contributed by atoms with Crippen molar-refractivity contribution in [3.63, 3.8) is 0 Å². The van der Waals surface area contributed by atoms with Crippen LogP contribution in [0.4, 0.5) is 10.6 Å². The molecular formula is C25H23N5O3. The summed E-state index contributed by atoms with van der Waals surface area (Å²) in [6, 6.07) is 17.2. The van der Waals surface area contributed by atoms with Crippen molar-refractivity contribution in [2.24, 2.45) is 0 Å². The smallest absolute Gasteiger partial charge is 0.412 e. The fourth-order valence-corrected chi connectivity index (χ4v) is 3.78. The lowest BCUT2D eigenvalue weighted by Crippen LogP contribution is -2.18. The van der Waals surface area contributed by atoms with Gasteiger partial charge in [-0.05, 0) is 41.0 Å². The molecule has 8 nitrogen and oxygen atoms in total. The van der Waals surface area contributed by atoms with E-state index in [1.54, 1.807) is 31.8 Å². The predicted octanol–water partition coefficient (Wildman–Crippen LogP) is 4.42. The predicted molar refractivity (Wildman–Crippen MR) is 123 cm³/mol. The lowest BCUT2D eigenvalue weighted by Gasteiger charge is -2.28. The molecule has 4 rings (SSSR count). The first-order chi connectivity index (χ1) is 16.2. The summed E-state index contributed by atoms with van der Waals surface area (Å²) < 4.78 is 9.97. The molecule has 166 valence electrons. The summed E-state index contributed by atoms with van der Waals surface area (Å²) in [5.41, 5.74) is 3.67. The number of nitrogens with zero attached hydrogens (tertiary/aromatic N) is 4. The largest absolute Gasteiger partial charge is 0.481 e. The van der Waals surface area contributed by atoms with Gasteiger partial charge in [0.1, 0.15) is 5.82 Å². The number of carbonyl (C=O) groups is 1. The zero-order chi connectivity index (χ0) is 23.0. The quantitative estimate of drug-likeness (QED) is 0.453. The maximum atomic E-state index is 11.8. The van der Waals surface area contributed by atoms with E-state index in [4.69, 9.17) is 14.5 Å². The number of hydrogen-bond donors (Lipinski definition) is 1. The monoisotopic (exact) mass is 441 g/mol. The second-order valence-corrected chi connectivity index (χ2v) is 7.23. The third-order valence-electron chi connectivity index (χ3n) is 5.25. The number of pyridine rings is 4. The van der Waals surface area contributed by atoms with Crippen LogP contribution in [0.1, 0.15) is 34.2 Å². The van der Waals surface area contributed by atoms with Crippen LogP contribution in [0, 0.1) is 0 Å². The van der Waals surface area contributed by atoms with E-state index in [0.29, 0.717) is 11.7 Å². The summed E-state index contributed by atoms with van der Waals surface area (Å²) in [5, 5.41) is 2.64. The van der Waals surface area contributed by atoms with Crippen LogP contribution in [-0.4, -0.2) is 40.2 Å². The van der Waals surface area contributed by atoms with Crippen molar-refractivity contribution >= 4 is 11.9 Å². The summed E-state index contributed by atoms with van der Waals surface area (Å²) in [6.45, 7) is 0. The molecule has 4 heterocycles. The van der Waals surface area contributed by atoms with Gasteiger partial charge in [0, 0.05) is 48.9 Å². The molecule has 0 aliphatic carbocycles. The molecule has 0 bridgehead atoms. The number of aromatic nitrogens is 4. The molecule has 0 aliphatic rings. The normalized spacial score (nSPS) is 11.6. The SMILES string of the molecule is COC(=O)Nc1cccc(C(c2ccc(OC)nc2)C(c2cccnc2)c2cccnc2)n1. The number of nitrogens with one attached hydrogen (secondary N) is 1. The Kier molecular flexibility index (Phi) is 6.84. The van der Waals surface area contributed by atoms with Gasteiger partial charge in [0.25, 0.3) is 0 Å². The van der Waals surface area contributed by atoms with Gasteiger partial charge in [0.15, 0.2) is 0 Å². The van der Waals surface area contributed by atoms with Crippen molar-refractivity contribution in [3.05, 3.63) is 108 Å². The summed E-state index contributed by atoms with van der Waals surface area (Å²) in [7, 11) is 2.89. The number of hydrogen-bond acceptors (Lipinski definition) is 7. The lowest BCUT2D eigenvalue weighted by molar-refractivity contribution is 0.187. The molecule has 8 heteroatoms. The van der Waals surface area contributed by atoms with Crippen LogP contribution >= 0.6 is 0 Å². The average Bonchev–Trinajstić information content (AvgIpc) is 2.88. The Balaban J connectivity index is 1.89. The first-order valence-corrected chi connectivity index (χ1v) is 10.3. The summed E-state index contributed by atoms with van der Waals surface area (Å²) >= 11 is 0. The van der Waals surface area contributed by atoms with Crippen LogP contribution in [0.15, 0.2) is 85.6 Å². The van der Waals surface area contributed by atoms with Crippen LogP contribution < -0.4 is 10.1 Å². The van der Waals surface area contributed by atoms with E-state index in [1.807, 2.05) is 60.9 Å². The molecular weight excluding hydrogens is 418 g/mol. The van der Waals surface area contributed by atoms with Crippen LogP contribution in [0.5, 0.6) is 5.88 Å². The second kappa shape index (κ2) is 10.3. The highest BCUT2D eigenvalue weighted by Gasteiger charge is 2.30. The van der Waals surface area contributed by atoms with Gasteiger partial charge in [-0.25, -0.2) is 14.8 Å². The van der Waals surface area contributed by atoms with E-state index in [0.717, 1.165) is 22.4 Å². The maximum Gasteiger partial charge on any atom is 0.412 e. The molecule has 4 aromatic heterocycles. The Bertz CT molecular complexity index is 1150. The van der Waals surface area contributed by atoms with Crippen LogP contribution in [0.3, 0.4) is 0 Å². The van der Waals surface area contributed by atoms with Crippen LogP contribution in [0.2, 0.25) is 0 Å². The molecule has 0 aromatic carbocycles. The molecule has 1 N–H and O–H groups in total. The number of rotatable bonds is 7. The molecule has 0 saturated carbocycles. The Labute approximate surface area is 191 Å². The highest BCUT2D eigenvalue weighted by Crippen LogP contribution is 2.42. The van der Waals surface area contributed by atoms with Crippen LogP contribution in [0.25, 0.3) is 0 Å². The van der Waals surface area contributed by atoms with E-state index in [2.05, 4.69) is 20.3 Å². The van der Waals surface area contributed by atoms with Crippen molar-refractivity contribution in [2.45, 2.75) is 11.8 Å². The summed E-state index contributed by atoms with van der Waals surface area (Å²) in [5.74, 6) is 0.493. The zero-order valence-electron chi connectivity index (χ0n) is 18.3. The first-order valence-electron chi connectivity index (χ1n) is 10.3. The van der Waals surface area contributed by atoms with Crippen LogP contribution in [-0.2, 0) is 4.74 Å². The third kappa shape index (κ3) is 5.12. The molecule has 33 heavy (non-hydrogen) atoms. The topological polar surface area (TPSA) is 99.1 Å². The molecule has 0 spiro atoms. The minimum atomic E-state index is -0.585. The molecule has 0 aliphatic heterocycles. The van der Waals surface area contributed by atoms with Crippen molar-refractivity contribution in [2.75, 3.05) is 19.5 Å². The van der Waals surface area contributed by atoms with Crippen molar-refractivity contribution in [1.82, 2.24) is 19.9 Å². The number of methoxy groups -OCH3 is 2. The molecule has 1 unspecified atom stereocenters. The van der Waals surface area contributed by atoms with Gasteiger partial charge in [-0.3, -0.25) is 15.3 Å². The van der Waals surface area contributed by atoms with E-state index in [-0.39, 0.29) is 11.8 Å². The zero-order valence-corrected chi connectivity index (χ0v) is 18.3. The van der Waals surface area contributed by atoms with Gasteiger partial charge >= 0.3 is 6.09 Å². The number of carbonyl (C=O) groups excluding carboxylic acids is 1. The molecule has 1 atom stereocenters. The standard InChI is InChI=1S/C25H23N5O3/c1-32-22-11-10-19(16-28-22)24(20-8-3-9-21(29-20)30-25(31)33-2)23(17-6-4-12-26-14-17)18-7-5-13-27-15-18/h3-16,23-24H,1-2H3,(H,29,30,31). The Hall–Kier alpha value is -4.33. The van der Waals surface area contributed by atoms with E-state index in [1.165, 1.54) is 7.11 Å². The van der Waals surface area contributed by atoms with Gasteiger partial charge in [0.2, 0.25) is 5.88 Å². The number of ether oxygens (including phenoxy) is 2. The highest BCUT2D eigenvalue weighted by molar-refractivity contribution is 5.83. The minimum Gasteiger partial charge on any atom is -0.481 e. The Morgan fingerprint density at radius 1 is 0.818 bits per heavy atom. The summed E-state index contributed by atoms with van der Waals surface area (Å²) in [6.07, 6.45) is 8.37. The van der Waals surface area contributed by atoms with E-state index < -0.39 is 6.09 Å². The molecule has 4 aromatic rings. The first kappa shape index (κ1) is 21.9. The van der Waals surface area contributed by atoms with E-state index >= 15 is 0 Å². The van der Waals surface area contributed by atoms with Gasteiger partial charge < -0.3 is 9.47 Å². The number of amides is 1. The summed E-state index contributed by atoms with van der Waals surface area (Å²) in [4.78, 5) is 29.6. The average molecular weight is 441 g/mol. The second-order valence-electron chi connectivity index (χ2n) is 7.23. The Morgan fingerprint density at radius 2 is 1.52 bits per heavy atom.